The Labute approximate surface area is 159 Å². The van der Waals surface area contributed by atoms with E-state index in [4.69, 9.17) is 4.74 Å². The van der Waals surface area contributed by atoms with Crippen molar-refractivity contribution in [2.75, 3.05) is 25.2 Å². The van der Waals surface area contributed by atoms with Gasteiger partial charge in [0, 0.05) is 19.3 Å². The SMILES string of the molecule is COCCN(C(=O)/C=C/c1ccccc1[N+](=O)[O-])c1nc2ccccc2s1. The zero-order valence-corrected chi connectivity index (χ0v) is 15.4. The van der Waals surface area contributed by atoms with Crippen molar-refractivity contribution in [3.05, 3.63) is 70.3 Å². The quantitative estimate of drug-likeness (QED) is 0.351. The Morgan fingerprint density at radius 2 is 2.00 bits per heavy atom. The minimum Gasteiger partial charge on any atom is -0.383 e. The van der Waals surface area contributed by atoms with Crippen molar-refractivity contribution in [1.82, 2.24) is 4.98 Å². The van der Waals surface area contributed by atoms with Crippen LogP contribution in [0, 0.1) is 10.1 Å². The molecule has 138 valence electrons. The number of carbonyl (C=O) groups is 1. The summed E-state index contributed by atoms with van der Waals surface area (Å²) in [7, 11) is 1.56. The lowest BCUT2D eigenvalue weighted by atomic mass is 10.1. The maximum atomic E-state index is 12.8. The van der Waals surface area contributed by atoms with Crippen LogP contribution in [0.4, 0.5) is 10.8 Å². The fraction of sp³-hybridized carbons (Fsp3) is 0.158. The number of nitrogens with zero attached hydrogens (tertiary/aromatic N) is 3. The predicted octanol–water partition coefficient (Wildman–Crippen LogP) is 3.90. The number of amides is 1. The average Bonchev–Trinajstić information content (AvgIpc) is 3.10. The van der Waals surface area contributed by atoms with Gasteiger partial charge >= 0.3 is 0 Å². The van der Waals surface area contributed by atoms with Gasteiger partial charge in [0.1, 0.15) is 0 Å². The van der Waals surface area contributed by atoms with Crippen molar-refractivity contribution in [3.8, 4) is 0 Å². The third-order valence-electron chi connectivity index (χ3n) is 3.84. The van der Waals surface area contributed by atoms with Crippen LogP contribution in [-0.2, 0) is 9.53 Å². The van der Waals surface area contributed by atoms with Crippen molar-refractivity contribution in [1.29, 1.82) is 0 Å². The standard InChI is InChI=1S/C19H17N3O4S/c1-26-13-12-21(19-20-15-7-3-5-9-17(15)27-19)18(23)11-10-14-6-2-4-8-16(14)22(24)25/h2-11H,12-13H2,1H3/b11-10+. The van der Waals surface area contributed by atoms with E-state index in [9.17, 15) is 14.9 Å². The molecule has 27 heavy (non-hydrogen) atoms. The van der Waals surface area contributed by atoms with Crippen molar-refractivity contribution in [2.45, 2.75) is 0 Å². The topological polar surface area (TPSA) is 85.6 Å². The number of benzene rings is 2. The van der Waals surface area contributed by atoms with E-state index in [1.807, 2.05) is 24.3 Å². The number of anilines is 1. The number of aromatic nitrogens is 1. The Morgan fingerprint density at radius 3 is 2.74 bits per heavy atom. The summed E-state index contributed by atoms with van der Waals surface area (Å²) in [5, 5.41) is 11.7. The highest BCUT2D eigenvalue weighted by Gasteiger charge is 2.18. The zero-order chi connectivity index (χ0) is 19.2. The van der Waals surface area contributed by atoms with Crippen molar-refractivity contribution >= 4 is 44.4 Å². The lowest BCUT2D eigenvalue weighted by molar-refractivity contribution is -0.385. The van der Waals surface area contributed by atoms with E-state index in [0.717, 1.165) is 10.2 Å². The van der Waals surface area contributed by atoms with Crippen molar-refractivity contribution in [3.63, 3.8) is 0 Å². The monoisotopic (exact) mass is 383 g/mol. The summed E-state index contributed by atoms with van der Waals surface area (Å²) < 4.78 is 6.08. The van der Waals surface area contributed by atoms with E-state index in [1.165, 1.54) is 34.5 Å². The van der Waals surface area contributed by atoms with Crippen LogP contribution in [0.2, 0.25) is 0 Å². The molecule has 0 saturated carbocycles. The van der Waals surface area contributed by atoms with Gasteiger partial charge in [-0.3, -0.25) is 19.8 Å². The molecule has 0 spiro atoms. The van der Waals surface area contributed by atoms with Gasteiger partial charge in [-0.2, -0.15) is 0 Å². The molecule has 0 unspecified atom stereocenters. The van der Waals surface area contributed by atoms with E-state index in [1.54, 1.807) is 25.3 Å². The zero-order valence-electron chi connectivity index (χ0n) is 14.6. The summed E-state index contributed by atoms with van der Waals surface area (Å²) >= 11 is 1.41. The number of nitro benzene ring substituents is 1. The van der Waals surface area contributed by atoms with Crippen LogP contribution >= 0.6 is 11.3 Å². The second kappa shape index (κ2) is 8.52. The van der Waals surface area contributed by atoms with Crippen molar-refractivity contribution < 1.29 is 14.5 Å². The third-order valence-corrected chi connectivity index (χ3v) is 4.90. The average molecular weight is 383 g/mol. The van der Waals surface area contributed by atoms with Crippen LogP contribution < -0.4 is 4.90 Å². The normalized spacial score (nSPS) is 11.1. The second-order valence-electron chi connectivity index (χ2n) is 5.60. The van der Waals surface area contributed by atoms with E-state index in [2.05, 4.69) is 4.98 Å². The van der Waals surface area contributed by atoms with Crippen LogP contribution in [0.3, 0.4) is 0 Å². The van der Waals surface area contributed by atoms with Gasteiger partial charge < -0.3 is 4.74 Å². The Balaban J connectivity index is 1.89. The number of carbonyl (C=O) groups excluding carboxylic acids is 1. The molecule has 0 saturated heterocycles. The fourth-order valence-electron chi connectivity index (χ4n) is 2.50. The number of para-hydroxylation sites is 2. The molecule has 0 radical (unpaired) electrons. The van der Waals surface area contributed by atoms with Gasteiger partial charge in [-0.25, -0.2) is 4.98 Å². The Morgan fingerprint density at radius 1 is 1.26 bits per heavy atom. The number of thiazole rings is 1. The number of nitro groups is 1. The first-order valence-electron chi connectivity index (χ1n) is 8.17. The smallest absolute Gasteiger partial charge is 0.276 e. The van der Waals surface area contributed by atoms with Crippen LogP contribution in [0.25, 0.3) is 16.3 Å². The molecule has 2 aromatic carbocycles. The lowest BCUT2D eigenvalue weighted by Crippen LogP contribution is -2.32. The first-order chi connectivity index (χ1) is 13.1. The number of hydrogen-bond acceptors (Lipinski definition) is 6. The lowest BCUT2D eigenvalue weighted by Gasteiger charge is -2.17. The van der Waals surface area contributed by atoms with Crippen LogP contribution in [0.1, 0.15) is 5.56 Å². The van der Waals surface area contributed by atoms with Gasteiger partial charge in [0.2, 0.25) is 0 Å². The highest BCUT2D eigenvalue weighted by molar-refractivity contribution is 7.22. The van der Waals surface area contributed by atoms with Gasteiger partial charge in [0.15, 0.2) is 5.13 Å². The molecule has 0 atom stereocenters. The summed E-state index contributed by atoms with van der Waals surface area (Å²) in [6.45, 7) is 0.678. The Kier molecular flexibility index (Phi) is 5.90. The van der Waals surface area contributed by atoms with Gasteiger partial charge in [-0.05, 0) is 24.3 Å². The molecule has 3 aromatic rings. The number of rotatable bonds is 7. The van der Waals surface area contributed by atoms with Crippen LogP contribution in [0.15, 0.2) is 54.6 Å². The van der Waals surface area contributed by atoms with Gasteiger partial charge in [0.25, 0.3) is 11.6 Å². The largest absolute Gasteiger partial charge is 0.383 e. The molecule has 7 nitrogen and oxygen atoms in total. The van der Waals surface area contributed by atoms with Gasteiger partial charge in [0.05, 0.1) is 33.9 Å². The van der Waals surface area contributed by atoms with E-state index < -0.39 is 4.92 Å². The summed E-state index contributed by atoms with van der Waals surface area (Å²) in [5.41, 5.74) is 1.13. The molecule has 0 aliphatic heterocycles. The molecule has 1 aromatic heterocycles. The number of hydrogen-bond donors (Lipinski definition) is 0. The first-order valence-corrected chi connectivity index (χ1v) is 8.99. The highest BCUT2D eigenvalue weighted by atomic mass is 32.1. The number of ether oxygens (including phenoxy) is 1. The number of fused-ring (bicyclic) bond motifs is 1. The molecule has 1 heterocycles. The van der Waals surface area contributed by atoms with Crippen LogP contribution in [0.5, 0.6) is 0 Å². The Bertz CT molecular complexity index is 966. The fourth-order valence-corrected chi connectivity index (χ4v) is 3.50. The minimum absolute atomic E-state index is 0.0509. The second-order valence-corrected chi connectivity index (χ2v) is 6.61. The molecule has 1 amide bonds. The molecular formula is C19H17N3O4S. The van der Waals surface area contributed by atoms with E-state index >= 15 is 0 Å². The minimum atomic E-state index is -0.472. The van der Waals surface area contributed by atoms with E-state index in [0.29, 0.717) is 23.8 Å². The third kappa shape index (κ3) is 4.36. The number of methoxy groups -OCH3 is 1. The molecule has 3 rings (SSSR count). The molecular weight excluding hydrogens is 366 g/mol. The summed E-state index contributed by atoms with van der Waals surface area (Å²) in [6, 6.07) is 13.9. The molecule has 8 heteroatoms. The predicted molar refractivity (Wildman–Crippen MR) is 106 cm³/mol. The maximum absolute atomic E-state index is 12.8. The van der Waals surface area contributed by atoms with Crippen LogP contribution in [-0.4, -0.2) is 36.1 Å². The maximum Gasteiger partial charge on any atom is 0.276 e. The van der Waals surface area contributed by atoms with Gasteiger partial charge in [-0.15, -0.1) is 0 Å². The molecule has 0 aliphatic rings. The van der Waals surface area contributed by atoms with Gasteiger partial charge in [-0.1, -0.05) is 35.6 Å². The molecule has 0 fully saturated rings. The first kappa shape index (κ1) is 18.7. The molecule has 0 bridgehead atoms. The summed E-state index contributed by atoms with van der Waals surface area (Å²) in [5.74, 6) is -0.316. The van der Waals surface area contributed by atoms with Crippen molar-refractivity contribution in [2.24, 2.45) is 0 Å². The summed E-state index contributed by atoms with van der Waals surface area (Å²) in [6.07, 6.45) is 2.78. The van der Waals surface area contributed by atoms with E-state index in [-0.39, 0.29) is 11.6 Å². The molecule has 0 N–H and O–H groups in total. The summed E-state index contributed by atoms with van der Waals surface area (Å²) in [4.78, 5) is 29.4. The Hall–Kier alpha value is -3.10. The highest BCUT2D eigenvalue weighted by Crippen LogP contribution is 2.29. The molecule has 0 aliphatic carbocycles.